The number of carbonyl (C=O) groups is 7. The first-order valence-electron chi connectivity index (χ1n) is 31.5. The number of alkyl carbamates (subject to hydrolysis) is 1. The number of rotatable bonds is 25. The van der Waals surface area contributed by atoms with Gasteiger partial charge in [0.15, 0.2) is 0 Å². The standard InChI is InChI=1S/C38H47N9O5.C29H36BrN7O4/c1-3-47(4-2)20-19-39-35(48)31-10-6-9-30(23-31)29-8-5-7-26(21-29)22-33(42-36(49)28-13-11-25(12-14-28)24-40-38(51)52)37(50)41-32-17-15-27(16-18-32)34-43-45-46-44-34;1-29(2,3)41-28(40)32-17-18-7-9-21(10-8-18)27(39)37(23-13-11-20(12-14-23)26-33-35-36-34-26)24(25(31)38)16-19-5-4-6-22(30)15-19/h5-10,15-18,21,23,25,28,33,40H,3-4,11-14,19-20,22,24H2,1-2H3,(H,39,48)(H,41,50)(H,42,49)(H,51,52)(H,43,44,45,46);4-6,11-15,18,21,24H,7-10,16-17H2,1-3H3,(H2,31,38)(H,32,40)(H,33,34,35,36)/t25?,28?,33-;18?,21?,24-/m00/s1. The number of likely N-dealkylation sites (N-methyl/N-ethyl adjacent to an activating group) is 1. The van der Waals surface area contributed by atoms with Gasteiger partial charge in [0.2, 0.25) is 35.3 Å². The Balaban J connectivity index is 0.000000246. The van der Waals surface area contributed by atoms with Crippen molar-refractivity contribution >= 4 is 69.0 Å². The van der Waals surface area contributed by atoms with Crippen LogP contribution in [0.3, 0.4) is 0 Å². The molecule has 7 aromatic rings. The summed E-state index contributed by atoms with van der Waals surface area (Å²) in [5.41, 5.74) is 11.9. The van der Waals surface area contributed by atoms with Crippen LogP contribution in [0.1, 0.15) is 107 Å². The number of nitrogens with one attached hydrogen (secondary N) is 7. The third kappa shape index (κ3) is 21.1. The summed E-state index contributed by atoms with van der Waals surface area (Å²) in [5.74, 6) is -0.732. The number of anilines is 2. The Bertz CT molecular complexity index is 3590. The molecule has 0 unspecified atom stereocenters. The van der Waals surface area contributed by atoms with Crippen LogP contribution in [0.15, 0.2) is 126 Å². The molecule has 0 radical (unpaired) electrons. The average Bonchev–Trinajstić information content (AvgIpc) is 1.36. The Morgan fingerprint density at radius 1 is 0.667 bits per heavy atom. The molecule has 26 heteroatoms. The Kier molecular flexibility index (Phi) is 25.2. The Morgan fingerprint density at radius 2 is 1.23 bits per heavy atom. The second kappa shape index (κ2) is 33.8. The maximum absolute atomic E-state index is 14.1. The van der Waals surface area contributed by atoms with Crippen LogP contribution < -0.4 is 37.2 Å². The van der Waals surface area contributed by atoms with Crippen molar-refractivity contribution in [3.05, 3.63) is 142 Å². The minimum atomic E-state index is -1.05. The van der Waals surface area contributed by atoms with Crippen LogP contribution in [0, 0.1) is 23.7 Å². The van der Waals surface area contributed by atoms with E-state index in [1.54, 1.807) is 59.5 Å². The molecule has 10 N–H and O–H groups in total. The number of aromatic nitrogens is 8. The van der Waals surface area contributed by atoms with Gasteiger partial charge < -0.3 is 47.1 Å². The van der Waals surface area contributed by atoms with Gasteiger partial charge in [0.1, 0.15) is 17.7 Å². The van der Waals surface area contributed by atoms with Crippen LogP contribution in [0.4, 0.5) is 21.0 Å². The van der Waals surface area contributed by atoms with Gasteiger partial charge in [-0.1, -0.05) is 78.3 Å². The van der Waals surface area contributed by atoms with Crippen LogP contribution in [0.25, 0.3) is 33.9 Å². The number of benzene rings is 5. The summed E-state index contributed by atoms with van der Waals surface area (Å²) in [6, 6.07) is 35.2. The molecule has 93 heavy (non-hydrogen) atoms. The Morgan fingerprint density at radius 3 is 1.78 bits per heavy atom. The zero-order valence-corrected chi connectivity index (χ0v) is 54.7. The first kappa shape index (κ1) is 69.5. The van der Waals surface area contributed by atoms with Gasteiger partial charge in [-0.05, 0) is 203 Å². The fraction of sp³-hybridized carbons (Fsp3) is 0.418. The second-order valence-electron chi connectivity index (χ2n) is 24.4. The first-order valence-corrected chi connectivity index (χ1v) is 32.3. The normalized spacial score (nSPS) is 16.9. The number of primary amides is 1. The zero-order valence-electron chi connectivity index (χ0n) is 53.1. The summed E-state index contributed by atoms with van der Waals surface area (Å²) < 4.78 is 6.21. The minimum Gasteiger partial charge on any atom is -0.465 e. The van der Waals surface area contributed by atoms with Crippen LogP contribution >= 0.6 is 15.9 Å². The number of carbonyl (C=O) groups excluding carboxylic acids is 6. The second-order valence-corrected chi connectivity index (χ2v) is 25.3. The van der Waals surface area contributed by atoms with Crippen molar-refractivity contribution in [2.24, 2.45) is 29.4 Å². The molecular weight excluding hydrogens is 1250 g/mol. The maximum atomic E-state index is 14.1. The van der Waals surface area contributed by atoms with Gasteiger partial charge in [-0.15, -0.1) is 20.4 Å². The monoisotopic (exact) mass is 1330 g/mol. The molecule has 7 amide bonds. The molecule has 0 saturated heterocycles. The van der Waals surface area contributed by atoms with Crippen LogP contribution in [0.2, 0.25) is 0 Å². The molecule has 9 rings (SSSR count). The number of H-pyrrole nitrogens is 2. The van der Waals surface area contributed by atoms with E-state index in [-0.39, 0.29) is 60.1 Å². The van der Waals surface area contributed by atoms with Crippen molar-refractivity contribution in [3.8, 4) is 33.9 Å². The fourth-order valence-corrected chi connectivity index (χ4v) is 12.0. The van der Waals surface area contributed by atoms with Crippen molar-refractivity contribution in [3.63, 3.8) is 0 Å². The predicted octanol–water partition coefficient (Wildman–Crippen LogP) is 8.74. The van der Waals surface area contributed by atoms with Crippen LogP contribution in [-0.4, -0.2) is 150 Å². The predicted molar refractivity (Wildman–Crippen MR) is 355 cm³/mol. The smallest absolute Gasteiger partial charge is 0.407 e. The van der Waals surface area contributed by atoms with E-state index in [2.05, 4.69) is 103 Å². The molecule has 0 aliphatic heterocycles. The quantitative estimate of drug-likeness (QED) is 0.0258. The van der Waals surface area contributed by atoms with E-state index in [4.69, 9.17) is 15.6 Å². The number of tetrazole rings is 2. The minimum absolute atomic E-state index is 0.137. The van der Waals surface area contributed by atoms with E-state index in [0.717, 1.165) is 83.2 Å². The number of nitrogens with zero attached hydrogens (tertiary/aromatic N) is 8. The number of hydrogen-bond donors (Lipinski definition) is 9. The fourth-order valence-electron chi connectivity index (χ4n) is 11.6. The van der Waals surface area contributed by atoms with Crippen LogP contribution in [0.5, 0.6) is 0 Å². The number of hydrogen-bond acceptors (Lipinski definition) is 15. The van der Waals surface area contributed by atoms with Crippen molar-refractivity contribution < 1.29 is 43.4 Å². The third-order valence-corrected chi connectivity index (χ3v) is 17.1. The Labute approximate surface area is 549 Å². The molecule has 0 bridgehead atoms. The lowest BCUT2D eigenvalue weighted by Crippen LogP contribution is -2.52. The first-order chi connectivity index (χ1) is 44.7. The van der Waals surface area contributed by atoms with Gasteiger partial charge in [-0.25, -0.2) is 9.59 Å². The highest BCUT2D eigenvalue weighted by Gasteiger charge is 2.37. The number of aromatic amines is 2. The number of halogens is 1. The van der Waals surface area contributed by atoms with Gasteiger partial charge in [0.05, 0.1) is 0 Å². The van der Waals surface area contributed by atoms with Gasteiger partial charge in [0.25, 0.3) is 5.91 Å². The highest BCUT2D eigenvalue weighted by Crippen LogP contribution is 2.34. The van der Waals surface area contributed by atoms with Gasteiger partial charge in [-0.2, -0.15) is 10.4 Å². The molecule has 0 spiro atoms. The molecule has 2 fully saturated rings. The lowest BCUT2D eigenvalue weighted by Gasteiger charge is -2.36. The van der Waals surface area contributed by atoms with E-state index >= 15 is 0 Å². The number of amides is 7. The lowest BCUT2D eigenvalue weighted by molar-refractivity contribution is -0.130. The molecule has 5 aromatic carbocycles. The lowest BCUT2D eigenvalue weighted by atomic mass is 9.81. The number of ether oxygens (including phenoxy) is 1. The zero-order chi connectivity index (χ0) is 66.4. The van der Waals surface area contributed by atoms with E-state index in [0.29, 0.717) is 73.9 Å². The third-order valence-electron chi connectivity index (χ3n) is 16.7. The summed E-state index contributed by atoms with van der Waals surface area (Å²) in [5, 5.41) is 51.2. The highest BCUT2D eigenvalue weighted by molar-refractivity contribution is 9.10. The van der Waals surface area contributed by atoms with Crippen molar-refractivity contribution in [2.75, 3.05) is 49.5 Å². The summed E-state index contributed by atoms with van der Waals surface area (Å²) in [6.45, 7) is 13.7. The molecular formula is C67H83BrN16O9. The SMILES string of the molecule is CC(C)(C)OC(=O)NCC1CCC(C(=O)N(c2ccc(-c3nn[nH]n3)cc2)[C@@H](Cc2cccc(Br)c2)C(N)=O)CC1.CCN(CC)CCNC(=O)c1cccc(-c2cccc(C[C@H](NC(=O)C3CCC(CNC(=O)O)CC3)C(=O)Nc3ccc(-c4nn[nH]n4)cc3)c2)c1. The summed E-state index contributed by atoms with van der Waals surface area (Å²) in [6.07, 6.45) is 4.47. The summed E-state index contributed by atoms with van der Waals surface area (Å²) in [4.78, 5) is 94.2. The molecule has 2 heterocycles. The topological polar surface area (TPSA) is 351 Å². The molecule has 2 atom stereocenters. The van der Waals surface area contributed by atoms with Crippen molar-refractivity contribution in [2.45, 2.75) is 117 Å². The number of carboxylic acid groups (broad SMARTS) is 1. The number of nitrogens with two attached hydrogens (primary N) is 1. The van der Waals surface area contributed by atoms with E-state index < -0.39 is 35.8 Å². The van der Waals surface area contributed by atoms with Gasteiger partial charge in [0, 0.05) is 83.4 Å². The van der Waals surface area contributed by atoms with Crippen molar-refractivity contribution in [1.29, 1.82) is 0 Å². The Hall–Kier alpha value is -9.43. The molecule has 492 valence electrons. The van der Waals surface area contributed by atoms with E-state index in [1.165, 1.54) is 0 Å². The van der Waals surface area contributed by atoms with Gasteiger partial charge >= 0.3 is 12.2 Å². The van der Waals surface area contributed by atoms with E-state index in [1.807, 2.05) is 87.5 Å². The summed E-state index contributed by atoms with van der Waals surface area (Å²) in [7, 11) is 0. The molecule has 2 aliphatic carbocycles. The maximum Gasteiger partial charge on any atom is 0.407 e. The van der Waals surface area contributed by atoms with Crippen LogP contribution in [-0.2, 0) is 36.8 Å². The highest BCUT2D eigenvalue weighted by atomic mass is 79.9. The molecule has 2 aromatic heterocycles. The molecule has 2 saturated carbocycles. The van der Waals surface area contributed by atoms with E-state index in [9.17, 15) is 33.6 Å². The largest absolute Gasteiger partial charge is 0.465 e. The average molecular weight is 1340 g/mol. The summed E-state index contributed by atoms with van der Waals surface area (Å²) >= 11 is 3.48. The molecule has 25 nitrogen and oxygen atoms in total. The van der Waals surface area contributed by atoms with Gasteiger partial charge in [-0.3, -0.25) is 28.9 Å². The van der Waals surface area contributed by atoms with Crippen molar-refractivity contribution in [1.82, 2.24) is 67.4 Å². The molecule has 2 aliphatic rings.